The maximum Gasteiger partial charge on any atom is 0.310 e. The van der Waals surface area contributed by atoms with Crippen molar-refractivity contribution in [2.75, 3.05) is 0 Å². The van der Waals surface area contributed by atoms with E-state index in [4.69, 9.17) is 5.11 Å². The topological polar surface area (TPSA) is 49.3 Å². The van der Waals surface area contributed by atoms with E-state index in [-0.39, 0.29) is 6.04 Å². The molecule has 4 heteroatoms. The van der Waals surface area contributed by atoms with Crippen molar-refractivity contribution in [1.29, 1.82) is 0 Å². The summed E-state index contributed by atoms with van der Waals surface area (Å²) in [6.45, 7) is 10.9. The van der Waals surface area contributed by atoms with Gasteiger partial charge < -0.3 is 10.4 Å². The summed E-state index contributed by atoms with van der Waals surface area (Å²) < 4.78 is 0. The van der Waals surface area contributed by atoms with Gasteiger partial charge in [-0.25, -0.2) is 0 Å². The van der Waals surface area contributed by atoms with Gasteiger partial charge in [0.25, 0.3) is 0 Å². The predicted molar refractivity (Wildman–Crippen MR) is 111 cm³/mol. The Morgan fingerprint density at radius 2 is 2.12 bits per heavy atom. The number of dihydropyridines is 1. The van der Waals surface area contributed by atoms with E-state index in [0.717, 1.165) is 25.8 Å². The fourth-order valence-corrected chi connectivity index (χ4v) is 5.08. The second-order valence-electron chi connectivity index (χ2n) is 6.91. The van der Waals surface area contributed by atoms with Crippen molar-refractivity contribution in [3.63, 3.8) is 0 Å². The predicted octanol–water partition coefficient (Wildman–Crippen LogP) is 4.91. The lowest BCUT2D eigenvalue weighted by molar-refractivity contribution is -0.139. The summed E-state index contributed by atoms with van der Waals surface area (Å²) in [6.07, 6.45) is 13.7. The number of carbonyl (C=O) groups is 1. The Labute approximate surface area is 157 Å². The largest absolute Gasteiger partial charge is 0.481 e. The standard InChI is InChI=1S/C22H26NO2P/c1-5-20-14(3)21(15(4)26-20)18-10-11-19(23-12-18)13(2)16-6-8-17(9-7-16)22(24)25/h6-8,10-12,17,19,23,26H,2,5,9H2,1,3-4H3,(H,24,25). The summed E-state index contributed by atoms with van der Waals surface area (Å²) in [4.78, 5) is 11.1. The van der Waals surface area contributed by atoms with Crippen LogP contribution in [0.1, 0.15) is 35.1 Å². The van der Waals surface area contributed by atoms with Crippen LogP contribution in [0.5, 0.6) is 0 Å². The third-order valence-electron chi connectivity index (χ3n) is 5.23. The zero-order valence-electron chi connectivity index (χ0n) is 15.6. The van der Waals surface area contributed by atoms with E-state index < -0.39 is 11.9 Å². The summed E-state index contributed by atoms with van der Waals surface area (Å²) in [7, 11) is 0.819. The van der Waals surface area contributed by atoms with Gasteiger partial charge in [0.2, 0.25) is 0 Å². The first-order valence-electron chi connectivity index (χ1n) is 9.05. The summed E-state index contributed by atoms with van der Waals surface area (Å²) in [6, 6.07) is 0.0377. The van der Waals surface area contributed by atoms with E-state index in [1.807, 2.05) is 12.2 Å². The first-order chi connectivity index (χ1) is 12.4. The van der Waals surface area contributed by atoms with Crippen molar-refractivity contribution >= 4 is 19.7 Å². The number of nitrogens with one attached hydrogen (secondary N) is 1. The smallest absolute Gasteiger partial charge is 0.310 e. The molecule has 2 heterocycles. The van der Waals surface area contributed by atoms with E-state index in [1.165, 1.54) is 22.0 Å². The van der Waals surface area contributed by atoms with Gasteiger partial charge in [-0.05, 0) is 65.1 Å². The third kappa shape index (κ3) is 3.50. The number of aryl methyl sites for hydroxylation is 2. The third-order valence-corrected chi connectivity index (χ3v) is 6.89. The van der Waals surface area contributed by atoms with Crippen LogP contribution in [0.3, 0.4) is 0 Å². The van der Waals surface area contributed by atoms with Gasteiger partial charge in [-0.2, -0.15) is 0 Å². The Hall–Kier alpha value is -2.25. The molecule has 136 valence electrons. The zero-order valence-corrected chi connectivity index (χ0v) is 16.6. The monoisotopic (exact) mass is 367 g/mol. The molecule has 1 aromatic heterocycles. The Morgan fingerprint density at radius 3 is 2.62 bits per heavy atom. The number of hydrogen-bond acceptors (Lipinski definition) is 2. The minimum absolute atomic E-state index is 0.0377. The molecule has 3 unspecified atom stereocenters. The molecule has 0 radical (unpaired) electrons. The molecule has 3 nitrogen and oxygen atoms in total. The molecular formula is C22H26NO2P. The number of allylic oxidation sites excluding steroid dienone is 4. The van der Waals surface area contributed by atoms with Crippen molar-refractivity contribution in [1.82, 2.24) is 5.32 Å². The Morgan fingerprint density at radius 1 is 1.35 bits per heavy atom. The van der Waals surface area contributed by atoms with Crippen LogP contribution in [-0.4, -0.2) is 17.1 Å². The Bertz CT molecular complexity index is 867. The van der Waals surface area contributed by atoms with Crippen molar-refractivity contribution in [2.24, 2.45) is 5.92 Å². The number of hydrogen-bond donors (Lipinski definition) is 2. The molecule has 0 fully saturated rings. The highest BCUT2D eigenvalue weighted by Crippen LogP contribution is 2.37. The molecule has 26 heavy (non-hydrogen) atoms. The second kappa shape index (κ2) is 7.55. The minimum atomic E-state index is -0.777. The lowest BCUT2D eigenvalue weighted by atomic mass is 9.89. The first kappa shape index (κ1) is 18.5. The summed E-state index contributed by atoms with van der Waals surface area (Å²) >= 11 is 0. The maximum atomic E-state index is 11.1. The molecule has 0 spiro atoms. The van der Waals surface area contributed by atoms with Gasteiger partial charge in [-0.15, -0.1) is 8.19 Å². The molecule has 3 rings (SSSR count). The molecule has 2 N–H and O–H groups in total. The van der Waals surface area contributed by atoms with Crippen LogP contribution in [0.25, 0.3) is 5.57 Å². The van der Waals surface area contributed by atoms with Crippen LogP contribution in [0.15, 0.2) is 54.3 Å². The van der Waals surface area contributed by atoms with Crippen molar-refractivity contribution in [2.45, 2.75) is 39.7 Å². The molecule has 1 aliphatic heterocycles. The molecule has 0 aromatic carbocycles. The van der Waals surface area contributed by atoms with Crippen LogP contribution >= 0.6 is 8.19 Å². The van der Waals surface area contributed by atoms with Crippen molar-refractivity contribution < 1.29 is 9.90 Å². The SMILES string of the molecule is C=C(C1=CCC(C(=O)O)C=C1)C1C=CC(c2c(C)[pH]c(CC)c2C)=CN1. The first-order valence-corrected chi connectivity index (χ1v) is 10.1. The zero-order chi connectivity index (χ0) is 18.8. The number of rotatable bonds is 5. The summed E-state index contributed by atoms with van der Waals surface area (Å²) in [5.74, 6) is -1.20. The summed E-state index contributed by atoms with van der Waals surface area (Å²) in [5, 5.41) is 15.6. The van der Waals surface area contributed by atoms with Gasteiger partial charge in [0, 0.05) is 6.20 Å². The van der Waals surface area contributed by atoms with Gasteiger partial charge in [-0.1, -0.05) is 43.9 Å². The number of carboxylic acid groups (broad SMARTS) is 1. The maximum absolute atomic E-state index is 11.1. The minimum Gasteiger partial charge on any atom is -0.481 e. The fourth-order valence-electron chi connectivity index (χ4n) is 3.68. The normalized spacial score (nSPS) is 22.1. The lowest BCUT2D eigenvalue weighted by Crippen LogP contribution is -2.27. The van der Waals surface area contributed by atoms with E-state index in [2.05, 4.69) is 51.0 Å². The number of aliphatic carboxylic acids is 1. The van der Waals surface area contributed by atoms with Gasteiger partial charge in [0.05, 0.1) is 12.0 Å². The molecule has 0 amide bonds. The Balaban J connectivity index is 1.72. The van der Waals surface area contributed by atoms with Gasteiger partial charge in [0.15, 0.2) is 0 Å². The van der Waals surface area contributed by atoms with Gasteiger partial charge >= 0.3 is 5.97 Å². The van der Waals surface area contributed by atoms with Crippen molar-refractivity contribution in [3.8, 4) is 0 Å². The molecular weight excluding hydrogens is 341 g/mol. The lowest BCUT2D eigenvalue weighted by Gasteiger charge is -2.24. The molecule has 3 atom stereocenters. The van der Waals surface area contributed by atoms with Crippen LogP contribution in [0.4, 0.5) is 0 Å². The van der Waals surface area contributed by atoms with Crippen LogP contribution in [0, 0.1) is 19.8 Å². The fraction of sp³-hybridized carbons (Fsp3) is 0.318. The average Bonchev–Trinajstić information content (AvgIpc) is 2.95. The van der Waals surface area contributed by atoms with E-state index in [9.17, 15) is 4.79 Å². The molecule has 2 aliphatic rings. The molecule has 0 saturated heterocycles. The quantitative estimate of drug-likeness (QED) is 0.777. The van der Waals surface area contributed by atoms with Crippen LogP contribution in [0.2, 0.25) is 0 Å². The summed E-state index contributed by atoms with van der Waals surface area (Å²) in [5.41, 5.74) is 6.03. The Kier molecular flexibility index (Phi) is 5.38. The van der Waals surface area contributed by atoms with E-state index in [0.29, 0.717) is 6.42 Å². The van der Waals surface area contributed by atoms with Gasteiger partial charge in [-0.3, -0.25) is 4.79 Å². The van der Waals surface area contributed by atoms with Crippen molar-refractivity contribution in [3.05, 3.63) is 76.0 Å². The van der Waals surface area contributed by atoms with Crippen LogP contribution < -0.4 is 5.32 Å². The van der Waals surface area contributed by atoms with E-state index in [1.54, 1.807) is 11.4 Å². The van der Waals surface area contributed by atoms with Crippen LogP contribution in [-0.2, 0) is 11.2 Å². The second-order valence-corrected chi connectivity index (χ2v) is 8.51. The molecule has 0 saturated carbocycles. The van der Waals surface area contributed by atoms with Gasteiger partial charge in [0.1, 0.15) is 0 Å². The average molecular weight is 367 g/mol. The highest BCUT2D eigenvalue weighted by atomic mass is 31.0. The number of carboxylic acids is 1. The highest BCUT2D eigenvalue weighted by Gasteiger charge is 2.21. The molecule has 1 aliphatic carbocycles. The molecule has 0 bridgehead atoms. The molecule has 1 aromatic rings. The van der Waals surface area contributed by atoms with E-state index >= 15 is 0 Å². The highest BCUT2D eigenvalue weighted by molar-refractivity contribution is 7.32.